The molecular formula is C12H23N3O. The standard InChI is InChI=1S/C12H23N3O/c1-11(2,3)7-9-13-14-10(8-16)15(9)12(4,5)6/h16H,7-8H2,1-6H3. The van der Waals surface area contributed by atoms with E-state index in [0.717, 1.165) is 12.2 Å². The van der Waals surface area contributed by atoms with Gasteiger partial charge in [0.2, 0.25) is 0 Å². The molecule has 0 aromatic carbocycles. The number of aromatic nitrogens is 3. The van der Waals surface area contributed by atoms with Gasteiger partial charge in [-0.3, -0.25) is 0 Å². The fraction of sp³-hybridized carbons (Fsp3) is 0.833. The summed E-state index contributed by atoms with van der Waals surface area (Å²) in [5.41, 5.74) is 0.0743. The summed E-state index contributed by atoms with van der Waals surface area (Å²) in [4.78, 5) is 0. The largest absolute Gasteiger partial charge is 0.388 e. The Balaban J connectivity index is 3.16. The number of hydrogen-bond donors (Lipinski definition) is 1. The van der Waals surface area contributed by atoms with E-state index in [4.69, 9.17) is 0 Å². The normalized spacial score (nSPS) is 13.2. The van der Waals surface area contributed by atoms with Crippen LogP contribution < -0.4 is 0 Å². The molecule has 0 spiro atoms. The Bertz CT molecular complexity index is 355. The van der Waals surface area contributed by atoms with Gasteiger partial charge in [-0.05, 0) is 26.2 Å². The Morgan fingerprint density at radius 1 is 1.00 bits per heavy atom. The van der Waals surface area contributed by atoms with Gasteiger partial charge < -0.3 is 9.67 Å². The predicted molar refractivity (Wildman–Crippen MR) is 64.1 cm³/mol. The Kier molecular flexibility index (Phi) is 3.43. The van der Waals surface area contributed by atoms with E-state index >= 15 is 0 Å². The Morgan fingerprint density at radius 2 is 1.50 bits per heavy atom. The summed E-state index contributed by atoms with van der Waals surface area (Å²) in [5, 5.41) is 17.5. The second kappa shape index (κ2) is 4.17. The van der Waals surface area contributed by atoms with Crippen molar-refractivity contribution in [3.05, 3.63) is 11.6 Å². The van der Waals surface area contributed by atoms with E-state index in [0.29, 0.717) is 5.82 Å². The fourth-order valence-electron chi connectivity index (χ4n) is 1.82. The lowest BCUT2D eigenvalue weighted by Crippen LogP contribution is -2.28. The lowest BCUT2D eigenvalue weighted by atomic mass is 9.91. The molecule has 0 aliphatic rings. The van der Waals surface area contributed by atoms with Gasteiger partial charge in [-0.25, -0.2) is 0 Å². The summed E-state index contributed by atoms with van der Waals surface area (Å²) < 4.78 is 2.04. The van der Waals surface area contributed by atoms with Crippen molar-refractivity contribution in [3.8, 4) is 0 Å². The summed E-state index contributed by atoms with van der Waals surface area (Å²) in [5.74, 6) is 1.59. The van der Waals surface area contributed by atoms with Crippen molar-refractivity contribution in [2.24, 2.45) is 5.41 Å². The van der Waals surface area contributed by atoms with E-state index in [2.05, 4.69) is 51.7 Å². The van der Waals surface area contributed by atoms with Crippen LogP contribution in [0.15, 0.2) is 0 Å². The van der Waals surface area contributed by atoms with Gasteiger partial charge in [0.1, 0.15) is 12.4 Å². The summed E-state index contributed by atoms with van der Waals surface area (Å²) in [6.45, 7) is 12.8. The molecule has 0 amide bonds. The lowest BCUT2D eigenvalue weighted by Gasteiger charge is -2.27. The number of aliphatic hydroxyl groups excluding tert-OH is 1. The van der Waals surface area contributed by atoms with E-state index < -0.39 is 0 Å². The van der Waals surface area contributed by atoms with Gasteiger partial charge in [0.05, 0.1) is 0 Å². The predicted octanol–water partition coefficient (Wildman–Crippen LogP) is 2.11. The molecule has 1 aromatic heterocycles. The summed E-state index contributed by atoms with van der Waals surface area (Å²) >= 11 is 0. The van der Waals surface area contributed by atoms with Crippen molar-refractivity contribution in [2.45, 2.75) is 60.1 Å². The monoisotopic (exact) mass is 225 g/mol. The molecule has 4 heteroatoms. The highest BCUT2D eigenvalue weighted by atomic mass is 16.3. The second-order valence-electron chi connectivity index (χ2n) is 6.43. The van der Waals surface area contributed by atoms with Crippen molar-refractivity contribution >= 4 is 0 Å². The van der Waals surface area contributed by atoms with Crippen LogP contribution in [0.1, 0.15) is 53.2 Å². The first kappa shape index (κ1) is 13.2. The number of hydrogen-bond acceptors (Lipinski definition) is 3. The molecule has 4 nitrogen and oxygen atoms in total. The van der Waals surface area contributed by atoms with Crippen molar-refractivity contribution in [1.82, 2.24) is 14.8 Å². The van der Waals surface area contributed by atoms with Crippen LogP contribution in [0.5, 0.6) is 0 Å². The minimum absolute atomic E-state index is 0.0611. The Morgan fingerprint density at radius 3 is 1.88 bits per heavy atom. The van der Waals surface area contributed by atoms with E-state index in [1.165, 1.54) is 0 Å². The third-order valence-electron chi connectivity index (χ3n) is 2.30. The highest BCUT2D eigenvalue weighted by Crippen LogP contribution is 2.24. The molecule has 0 aliphatic carbocycles. The van der Waals surface area contributed by atoms with Gasteiger partial charge in [-0.2, -0.15) is 0 Å². The number of nitrogens with zero attached hydrogens (tertiary/aromatic N) is 3. The molecule has 1 aromatic rings. The molecule has 0 unspecified atom stereocenters. The van der Waals surface area contributed by atoms with E-state index in [1.54, 1.807) is 0 Å². The molecule has 0 atom stereocenters. The van der Waals surface area contributed by atoms with Gasteiger partial charge in [-0.1, -0.05) is 20.8 Å². The summed E-state index contributed by atoms with van der Waals surface area (Å²) in [6.07, 6.45) is 0.858. The van der Waals surface area contributed by atoms with Crippen molar-refractivity contribution in [2.75, 3.05) is 0 Å². The number of aliphatic hydroxyl groups is 1. The molecule has 1 rings (SSSR count). The first-order valence-corrected chi connectivity index (χ1v) is 5.69. The Labute approximate surface area is 97.7 Å². The minimum atomic E-state index is -0.0951. The zero-order valence-corrected chi connectivity index (χ0v) is 11.2. The SMILES string of the molecule is CC(C)(C)Cc1nnc(CO)n1C(C)(C)C. The van der Waals surface area contributed by atoms with Gasteiger partial charge in [-0.15, -0.1) is 10.2 Å². The maximum absolute atomic E-state index is 9.27. The van der Waals surface area contributed by atoms with Crippen molar-refractivity contribution in [3.63, 3.8) is 0 Å². The average Bonchev–Trinajstić information content (AvgIpc) is 2.43. The van der Waals surface area contributed by atoms with Crippen LogP contribution in [0.4, 0.5) is 0 Å². The van der Waals surface area contributed by atoms with Crippen LogP contribution >= 0.6 is 0 Å². The highest BCUT2D eigenvalue weighted by Gasteiger charge is 2.25. The zero-order chi connectivity index (χ0) is 12.6. The minimum Gasteiger partial charge on any atom is -0.388 e. The summed E-state index contributed by atoms with van der Waals surface area (Å²) in [7, 11) is 0. The fourth-order valence-corrected chi connectivity index (χ4v) is 1.82. The van der Waals surface area contributed by atoms with Gasteiger partial charge >= 0.3 is 0 Å². The Hall–Kier alpha value is -0.900. The third kappa shape index (κ3) is 3.04. The van der Waals surface area contributed by atoms with Gasteiger partial charge in [0.15, 0.2) is 5.82 Å². The molecule has 0 aliphatic heterocycles. The smallest absolute Gasteiger partial charge is 0.159 e. The van der Waals surface area contributed by atoms with Gasteiger partial charge in [0, 0.05) is 12.0 Å². The molecule has 0 bridgehead atoms. The van der Waals surface area contributed by atoms with Crippen LogP contribution in [-0.2, 0) is 18.6 Å². The second-order valence-corrected chi connectivity index (χ2v) is 6.43. The molecular weight excluding hydrogens is 202 g/mol. The molecule has 16 heavy (non-hydrogen) atoms. The first-order valence-electron chi connectivity index (χ1n) is 5.69. The third-order valence-corrected chi connectivity index (χ3v) is 2.30. The molecule has 92 valence electrons. The van der Waals surface area contributed by atoms with Crippen LogP contribution in [0.2, 0.25) is 0 Å². The van der Waals surface area contributed by atoms with E-state index in [-0.39, 0.29) is 17.6 Å². The molecule has 0 saturated carbocycles. The molecule has 0 saturated heterocycles. The molecule has 1 N–H and O–H groups in total. The molecule has 0 fully saturated rings. The first-order chi connectivity index (χ1) is 7.15. The lowest BCUT2D eigenvalue weighted by molar-refractivity contribution is 0.245. The van der Waals surface area contributed by atoms with Crippen LogP contribution in [-0.4, -0.2) is 19.9 Å². The van der Waals surface area contributed by atoms with E-state index in [1.807, 2.05) is 4.57 Å². The van der Waals surface area contributed by atoms with Gasteiger partial charge in [0.25, 0.3) is 0 Å². The average molecular weight is 225 g/mol. The van der Waals surface area contributed by atoms with Crippen molar-refractivity contribution in [1.29, 1.82) is 0 Å². The van der Waals surface area contributed by atoms with Crippen molar-refractivity contribution < 1.29 is 5.11 Å². The maximum atomic E-state index is 9.27. The zero-order valence-electron chi connectivity index (χ0n) is 11.2. The van der Waals surface area contributed by atoms with Crippen LogP contribution in [0.25, 0.3) is 0 Å². The van der Waals surface area contributed by atoms with E-state index in [9.17, 15) is 5.11 Å². The maximum Gasteiger partial charge on any atom is 0.159 e. The molecule has 0 radical (unpaired) electrons. The quantitative estimate of drug-likeness (QED) is 0.838. The number of rotatable bonds is 2. The highest BCUT2D eigenvalue weighted by molar-refractivity contribution is 5.02. The van der Waals surface area contributed by atoms with Crippen LogP contribution in [0, 0.1) is 5.41 Å². The molecule has 1 heterocycles. The van der Waals surface area contributed by atoms with Crippen LogP contribution in [0.3, 0.4) is 0 Å². The summed E-state index contributed by atoms with van der Waals surface area (Å²) in [6, 6.07) is 0. The topological polar surface area (TPSA) is 50.9 Å².